The van der Waals surface area contributed by atoms with Crippen LogP contribution in [-0.4, -0.2) is 85.6 Å². The van der Waals surface area contributed by atoms with E-state index in [9.17, 15) is 14.5 Å². The third kappa shape index (κ3) is 5.89. The Bertz CT molecular complexity index is 1200. The summed E-state index contributed by atoms with van der Waals surface area (Å²) in [6.45, 7) is -0.207. The molecule has 0 radical (unpaired) electrons. The fraction of sp³-hybridized carbons (Fsp3) is 0.400. The number of aliphatic hydroxyl groups excluding tert-OH is 1. The zero-order valence-corrected chi connectivity index (χ0v) is 19.4. The van der Waals surface area contributed by atoms with Crippen molar-refractivity contribution >= 4 is 25.3 Å². The summed E-state index contributed by atoms with van der Waals surface area (Å²) in [5.41, 5.74) is 1.11. The summed E-state index contributed by atoms with van der Waals surface area (Å²) in [6, 6.07) is 8.56. The van der Waals surface area contributed by atoms with Gasteiger partial charge in [-0.1, -0.05) is 18.2 Å². The normalized spacial score (nSPS) is 22.5. The number of nitrogens with zero attached hydrogens (tertiary/aromatic N) is 4. The van der Waals surface area contributed by atoms with Crippen molar-refractivity contribution in [2.75, 3.05) is 32.2 Å². The Morgan fingerprint density at radius 1 is 1.23 bits per heavy atom. The number of carbonyl (C=O) groups is 1. The van der Waals surface area contributed by atoms with Gasteiger partial charge in [0.05, 0.1) is 26.0 Å². The number of hydrogen-bond donors (Lipinski definition) is 4. The van der Waals surface area contributed by atoms with Gasteiger partial charge in [-0.15, -0.1) is 0 Å². The number of amides is 1. The van der Waals surface area contributed by atoms with Gasteiger partial charge in [-0.3, -0.25) is 14.6 Å². The molecule has 188 valence electrons. The lowest BCUT2D eigenvalue weighted by molar-refractivity contribution is -0.0528. The van der Waals surface area contributed by atoms with Crippen LogP contribution in [-0.2, 0) is 23.3 Å². The van der Waals surface area contributed by atoms with Crippen LogP contribution in [0.3, 0.4) is 0 Å². The summed E-state index contributed by atoms with van der Waals surface area (Å²) >= 11 is 0. The number of phosphoric acid groups is 1. The van der Waals surface area contributed by atoms with E-state index in [0.717, 1.165) is 0 Å². The molecule has 1 amide bonds. The van der Waals surface area contributed by atoms with Gasteiger partial charge in [-0.2, -0.15) is 9.61 Å². The Balaban J connectivity index is 1.61. The third-order valence-corrected chi connectivity index (χ3v) is 5.73. The number of benzene rings is 1. The zero-order valence-electron chi connectivity index (χ0n) is 18.5. The second kappa shape index (κ2) is 10.8. The molecule has 4 unspecified atom stereocenters. The minimum absolute atomic E-state index is 0.104. The van der Waals surface area contributed by atoms with E-state index in [1.54, 1.807) is 30.3 Å². The number of carbonyl (C=O) groups excluding carboxylic acids is 1. The van der Waals surface area contributed by atoms with E-state index in [-0.39, 0.29) is 24.8 Å². The molecule has 0 spiro atoms. The van der Waals surface area contributed by atoms with Crippen molar-refractivity contribution in [2.45, 2.75) is 24.4 Å². The second-order valence-corrected chi connectivity index (χ2v) is 8.79. The predicted octanol–water partition coefficient (Wildman–Crippen LogP) is 0.318. The van der Waals surface area contributed by atoms with Gasteiger partial charge in [0.25, 0.3) is 5.91 Å². The van der Waals surface area contributed by atoms with Crippen LogP contribution in [0.5, 0.6) is 0 Å². The zero-order chi connectivity index (χ0) is 25.0. The van der Waals surface area contributed by atoms with Crippen molar-refractivity contribution in [3.05, 3.63) is 54.0 Å². The lowest BCUT2D eigenvalue weighted by Crippen LogP contribution is -2.35. The number of aliphatic hydroxyl groups is 1. The molecule has 14 nitrogen and oxygen atoms in total. The van der Waals surface area contributed by atoms with Gasteiger partial charge in [-0.05, 0) is 12.1 Å². The number of anilines is 1. The Morgan fingerprint density at radius 2 is 2.00 bits per heavy atom. The van der Waals surface area contributed by atoms with Crippen molar-refractivity contribution in [3.8, 4) is 0 Å². The van der Waals surface area contributed by atoms with Gasteiger partial charge in [0.15, 0.2) is 5.65 Å². The number of methoxy groups -OCH3 is 1. The van der Waals surface area contributed by atoms with Crippen molar-refractivity contribution in [1.29, 1.82) is 0 Å². The molecule has 1 fully saturated rings. The number of aromatic nitrogens is 4. The number of hydrogen-bond acceptors (Lipinski definition) is 10. The fourth-order valence-electron chi connectivity index (χ4n) is 3.63. The molecule has 4 rings (SSSR count). The molecular formula is C20H24N5O9P. The number of rotatable bonds is 10. The van der Waals surface area contributed by atoms with E-state index in [1.165, 1.54) is 24.1 Å². The summed E-state index contributed by atoms with van der Waals surface area (Å²) in [6.07, 6.45) is -1.58. The molecule has 0 aliphatic carbocycles. The minimum atomic E-state index is -4.78. The molecule has 3 heterocycles. The van der Waals surface area contributed by atoms with Crippen molar-refractivity contribution in [3.63, 3.8) is 0 Å². The summed E-state index contributed by atoms with van der Waals surface area (Å²) in [4.78, 5) is 38.9. The Morgan fingerprint density at radius 3 is 2.71 bits per heavy atom. The lowest BCUT2D eigenvalue weighted by atomic mass is 10.0. The standard InChI is InChI=1S/C20H24N5O9P/c1-31-7-8-32-17-15(26)14(10-33-35(28,29)30)34-16(17)13-9-23-25-18(13)21-11-22-20(25)24-19(27)12-5-3-2-4-6-12/h2-6,9,11,14-17,26H,7-8,10H2,1H3,(H2,28,29,30)(H,21,22,24,27). The maximum atomic E-state index is 12.6. The molecule has 1 saturated heterocycles. The highest BCUT2D eigenvalue weighted by Gasteiger charge is 2.47. The topological polar surface area (TPSA) is 187 Å². The minimum Gasteiger partial charge on any atom is -0.387 e. The molecule has 3 aromatic rings. The molecule has 15 heteroatoms. The molecular weight excluding hydrogens is 485 g/mol. The first-order valence-corrected chi connectivity index (χ1v) is 12.0. The quantitative estimate of drug-likeness (QED) is 0.217. The maximum Gasteiger partial charge on any atom is 0.469 e. The van der Waals surface area contributed by atoms with E-state index < -0.39 is 44.8 Å². The summed E-state index contributed by atoms with van der Waals surface area (Å²) in [5, 5.41) is 17.7. The van der Waals surface area contributed by atoms with E-state index in [1.807, 2.05) is 0 Å². The van der Waals surface area contributed by atoms with E-state index in [2.05, 4.69) is 24.9 Å². The number of nitrogens with one attached hydrogen (secondary N) is 1. The second-order valence-electron chi connectivity index (χ2n) is 7.55. The van der Waals surface area contributed by atoms with Gasteiger partial charge in [-0.25, -0.2) is 14.5 Å². The molecule has 0 bridgehead atoms. The summed E-state index contributed by atoms with van der Waals surface area (Å²) in [7, 11) is -3.29. The van der Waals surface area contributed by atoms with Crippen molar-refractivity contribution in [1.82, 2.24) is 19.6 Å². The first kappa shape index (κ1) is 25.3. The first-order valence-electron chi connectivity index (χ1n) is 10.5. The average Bonchev–Trinajstić information content (AvgIpc) is 3.40. The van der Waals surface area contributed by atoms with E-state index >= 15 is 0 Å². The van der Waals surface area contributed by atoms with Crippen LogP contribution < -0.4 is 5.32 Å². The molecule has 2 aromatic heterocycles. The first-order chi connectivity index (χ1) is 16.8. The maximum absolute atomic E-state index is 12.6. The van der Waals surface area contributed by atoms with Crippen LogP contribution in [0.25, 0.3) is 5.65 Å². The van der Waals surface area contributed by atoms with Gasteiger partial charge < -0.3 is 29.1 Å². The Kier molecular flexibility index (Phi) is 7.84. The highest BCUT2D eigenvalue weighted by Crippen LogP contribution is 2.41. The smallest absolute Gasteiger partial charge is 0.387 e. The van der Waals surface area contributed by atoms with Crippen molar-refractivity contribution < 1.29 is 43.0 Å². The number of fused-ring (bicyclic) bond motifs is 1. The van der Waals surface area contributed by atoms with Crippen LogP contribution in [0.2, 0.25) is 0 Å². The van der Waals surface area contributed by atoms with Gasteiger partial charge in [0.2, 0.25) is 5.95 Å². The van der Waals surface area contributed by atoms with Gasteiger partial charge in [0, 0.05) is 18.2 Å². The molecule has 1 aliphatic rings. The number of phosphoric ester groups is 1. The number of ether oxygens (including phenoxy) is 3. The van der Waals surface area contributed by atoms with Crippen LogP contribution in [0, 0.1) is 0 Å². The predicted molar refractivity (Wildman–Crippen MR) is 118 cm³/mol. The van der Waals surface area contributed by atoms with Gasteiger partial charge in [0.1, 0.15) is 30.7 Å². The average molecular weight is 509 g/mol. The Hall–Kier alpha value is -2.81. The largest absolute Gasteiger partial charge is 0.469 e. The van der Waals surface area contributed by atoms with Crippen LogP contribution in [0.4, 0.5) is 5.95 Å². The van der Waals surface area contributed by atoms with Gasteiger partial charge >= 0.3 is 7.82 Å². The van der Waals surface area contributed by atoms with Crippen LogP contribution >= 0.6 is 7.82 Å². The highest BCUT2D eigenvalue weighted by molar-refractivity contribution is 7.46. The molecule has 0 saturated carbocycles. The molecule has 35 heavy (non-hydrogen) atoms. The summed E-state index contributed by atoms with van der Waals surface area (Å²) in [5.74, 6) is -0.294. The summed E-state index contributed by atoms with van der Waals surface area (Å²) < 4.78 is 33.6. The van der Waals surface area contributed by atoms with Crippen molar-refractivity contribution in [2.24, 2.45) is 0 Å². The molecule has 4 atom stereocenters. The van der Waals surface area contributed by atoms with Crippen LogP contribution in [0.1, 0.15) is 22.0 Å². The van der Waals surface area contributed by atoms with E-state index in [4.69, 9.17) is 24.0 Å². The fourth-order valence-corrected chi connectivity index (χ4v) is 3.97. The highest BCUT2D eigenvalue weighted by atomic mass is 31.2. The van der Waals surface area contributed by atoms with Crippen LogP contribution in [0.15, 0.2) is 42.9 Å². The molecule has 1 aliphatic heterocycles. The molecule has 4 N–H and O–H groups in total. The lowest BCUT2D eigenvalue weighted by Gasteiger charge is -2.20. The SMILES string of the molecule is COCCOC1C(c2cnn3c(NC(=O)c4ccccc4)ncnc23)OC(COP(=O)(O)O)C1O. The molecule has 1 aromatic carbocycles. The van der Waals surface area contributed by atoms with E-state index in [0.29, 0.717) is 11.1 Å². The monoisotopic (exact) mass is 509 g/mol. The third-order valence-electron chi connectivity index (χ3n) is 5.24. The Labute approximate surface area is 199 Å².